The molecule has 2 rings (SSSR count). The summed E-state index contributed by atoms with van der Waals surface area (Å²) in [5, 5.41) is 3.13. The summed E-state index contributed by atoms with van der Waals surface area (Å²) in [6.07, 6.45) is 2.36. The van der Waals surface area contributed by atoms with Crippen LogP contribution in [0.3, 0.4) is 0 Å². The summed E-state index contributed by atoms with van der Waals surface area (Å²) < 4.78 is 5.82. The number of amides is 1. The topological polar surface area (TPSA) is 41.6 Å². The molecule has 0 aromatic rings. The molecule has 1 aliphatic carbocycles. The van der Waals surface area contributed by atoms with Gasteiger partial charge in [-0.15, -0.1) is 0 Å². The van der Waals surface area contributed by atoms with E-state index in [2.05, 4.69) is 57.8 Å². The Balaban J connectivity index is 1.80. The van der Waals surface area contributed by atoms with E-state index in [1.165, 1.54) is 5.57 Å². The zero-order valence-corrected chi connectivity index (χ0v) is 15.7. The van der Waals surface area contributed by atoms with Crippen molar-refractivity contribution >= 4 is 5.91 Å². The van der Waals surface area contributed by atoms with Crippen LogP contribution in [0.25, 0.3) is 0 Å². The third kappa shape index (κ3) is 4.80. The first-order valence-electron chi connectivity index (χ1n) is 8.98. The van der Waals surface area contributed by atoms with Crippen molar-refractivity contribution in [2.45, 2.75) is 47.6 Å². The highest BCUT2D eigenvalue weighted by molar-refractivity contribution is 5.83. The molecule has 23 heavy (non-hydrogen) atoms. The molecule has 1 saturated heterocycles. The van der Waals surface area contributed by atoms with Crippen LogP contribution in [0.4, 0.5) is 0 Å². The maximum absolute atomic E-state index is 12.5. The Hall–Kier alpha value is -0.870. The van der Waals surface area contributed by atoms with Crippen LogP contribution in [0, 0.1) is 23.2 Å². The van der Waals surface area contributed by atoms with Gasteiger partial charge in [-0.1, -0.05) is 39.3 Å². The first-order chi connectivity index (χ1) is 10.7. The van der Waals surface area contributed by atoms with Gasteiger partial charge in [0.1, 0.15) is 0 Å². The number of ether oxygens (including phenoxy) is 1. The van der Waals surface area contributed by atoms with Crippen LogP contribution in [-0.4, -0.2) is 49.7 Å². The largest absolute Gasteiger partial charge is 0.374 e. The molecule has 3 unspecified atom stereocenters. The highest BCUT2D eigenvalue weighted by atomic mass is 16.5. The lowest BCUT2D eigenvalue weighted by molar-refractivity contribution is -0.124. The lowest BCUT2D eigenvalue weighted by atomic mass is 10.1. The predicted octanol–water partition coefficient (Wildman–Crippen LogP) is 2.70. The molecule has 0 spiro atoms. The molecule has 0 aromatic heterocycles. The predicted molar refractivity (Wildman–Crippen MR) is 94.2 cm³/mol. The smallest absolute Gasteiger partial charge is 0.224 e. The number of hydrogen-bond donors (Lipinski definition) is 1. The minimum Gasteiger partial charge on any atom is -0.374 e. The van der Waals surface area contributed by atoms with Crippen LogP contribution in [0.15, 0.2) is 11.6 Å². The Kier molecular flexibility index (Phi) is 5.90. The third-order valence-corrected chi connectivity index (χ3v) is 5.06. The number of morpholine rings is 1. The number of carbonyl (C=O) groups excluding carboxylic acids is 1. The number of rotatable bonds is 6. The van der Waals surface area contributed by atoms with Gasteiger partial charge in [0, 0.05) is 26.2 Å². The SMILES string of the molecule is CC(C)=CC1C(C(=O)NCC2CN(CC(C)C)CCO2)C1(C)C. The van der Waals surface area contributed by atoms with E-state index in [9.17, 15) is 4.79 Å². The summed E-state index contributed by atoms with van der Waals surface area (Å²) in [7, 11) is 0. The van der Waals surface area contributed by atoms with Gasteiger partial charge in [-0.05, 0) is 31.1 Å². The maximum atomic E-state index is 12.5. The second-order valence-corrected chi connectivity index (χ2v) is 8.46. The Labute approximate surface area is 141 Å². The molecule has 2 aliphatic rings. The second kappa shape index (κ2) is 7.35. The first-order valence-corrected chi connectivity index (χ1v) is 8.98. The van der Waals surface area contributed by atoms with Crippen LogP contribution >= 0.6 is 0 Å². The minimum absolute atomic E-state index is 0.0818. The average molecular weight is 322 g/mol. The van der Waals surface area contributed by atoms with Gasteiger partial charge in [-0.3, -0.25) is 9.69 Å². The van der Waals surface area contributed by atoms with Crippen LogP contribution in [0.1, 0.15) is 41.5 Å². The molecule has 0 bridgehead atoms. The van der Waals surface area contributed by atoms with E-state index in [0.29, 0.717) is 18.4 Å². The Morgan fingerprint density at radius 3 is 2.70 bits per heavy atom. The van der Waals surface area contributed by atoms with Crippen molar-refractivity contribution in [1.29, 1.82) is 0 Å². The van der Waals surface area contributed by atoms with Crippen LogP contribution < -0.4 is 5.32 Å². The van der Waals surface area contributed by atoms with Gasteiger partial charge in [0.25, 0.3) is 0 Å². The fraction of sp³-hybridized carbons (Fsp3) is 0.842. The van der Waals surface area contributed by atoms with E-state index >= 15 is 0 Å². The Morgan fingerprint density at radius 2 is 2.09 bits per heavy atom. The zero-order valence-electron chi connectivity index (χ0n) is 15.7. The molecule has 1 saturated carbocycles. The summed E-state index contributed by atoms with van der Waals surface area (Å²) in [6.45, 7) is 17.5. The lowest BCUT2D eigenvalue weighted by Gasteiger charge is -2.34. The van der Waals surface area contributed by atoms with E-state index in [1.807, 2.05) is 0 Å². The monoisotopic (exact) mass is 322 g/mol. The van der Waals surface area contributed by atoms with Gasteiger partial charge >= 0.3 is 0 Å². The molecule has 132 valence electrons. The van der Waals surface area contributed by atoms with Gasteiger partial charge in [-0.25, -0.2) is 0 Å². The molecule has 3 atom stereocenters. The molecule has 1 amide bonds. The average Bonchev–Trinajstić information content (AvgIpc) is 2.96. The van der Waals surface area contributed by atoms with E-state index in [-0.39, 0.29) is 23.3 Å². The normalized spacial score (nSPS) is 30.1. The van der Waals surface area contributed by atoms with Crippen LogP contribution in [-0.2, 0) is 9.53 Å². The van der Waals surface area contributed by atoms with Crippen molar-refractivity contribution in [3.63, 3.8) is 0 Å². The fourth-order valence-corrected chi connectivity index (χ4v) is 3.76. The van der Waals surface area contributed by atoms with Crippen LogP contribution in [0.2, 0.25) is 0 Å². The van der Waals surface area contributed by atoms with E-state index in [4.69, 9.17) is 4.74 Å². The van der Waals surface area contributed by atoms with E-state index in [1.54, 1.807) is 0 Å². The van der Waals surface area contributed by atoms with Gasteiger partial charge in [-0.2, -0.15) is 0 Å². The lowest BCUT2D eigenvalue weighted by Crippen LogP contribution is -2.48. The van der Waals surface area contributed by atoms with Crippen molar-refractivity contribution in [1.82, 2.24) is 10.2 Å². The fourth-order valence-electron chi connectivity index (χ4n) is 3.76. The number of carbonyl (C=O) groups is 1. The molecule has 1 heterocycles. The first kappa shape index (κ1) is 18.5. The third-order valence-electron chi connectivity index (χ3n) is 5.06. The van der Waals surface area contributed by atoms with Gasteiger partial charge in [0.15, 0.2) is 0 Å². The number of allylic oxidation sites excluding steroid dienone is 2. The van der Waals surface area contributed by atoms with Crippen molar-refractivity contribution < 1.29 is 9.53 Å². The van der Waals surface area contributed by atoms with Gasteiger partial charge in [0.05, 0.1) is 18.6 Å². The number of nitrogens with zero attached hydrogens (tertiary/aromatic N) is 1. The summed E-state index contributed by atoms with van der Waals surface area (Å²) in [6, 6.07) is 0. The molecular weight excluding hydrogens is 288 g/mol. The molecule has 4 heteroatoms. The van der Waals surface area contributed by atoms with Crippen LogP contribution in [0.5, 0.6) is 0 Å². The quantitative estimate of drug-likeness (QED) is 0.765. The Bertz CT molecular complexity index is 452. The summed E-state index contributed by atoms with van der Waals surface area (Å²) >= 11 is 0. The van der Waals surface area contributed by atoms with Crippen molar-refractivity contribution in [3.8, 4) is 0 Å². The zero-order chi connectivity index (χ0) is 17.2. The Morgan fingerprint density at radius 1 is 1.39 bits per heavy atom. The van der Waals surface area contributed by atoms with Crippen molar-refractivity contribution in [2.75, 3.05) is 32.8 Å². The highest BCUT2D eigenvalue weighted by Crippen LogP contribution is 2.59. The molecule has 1 N–H and O–H groups in total. The minimum atomic E-state index is 0.0818. The van der Waals surface area contributed by atoms with Gasteiger partial charge in [0.2, 0.25) is 5.91 Å². The molecular formula is C19H34N2O2. The number of hydrogen-bond acceptors (Lipinski definition) is 3. The van der Waals surface area contributed by atoms with Gasteiger partial charge < -0.3 is 10.1 Å². The van der Waals surface area contributed by atoms with Crippen molar-refractivity contribution in [3.05, 3.63) is 11.6 Å². The number of nitrogens with one attached hydrogen (secondary N) is 1. The summed E-state index contributed by atoms with van der Waals surface area (Å²) in [5.41, 5.74) is 1.37. The summed E-state index contributed by atoms with van der Waals surface area (Å²) in [5.74, 6) is 1.33. The standard InChI is InChI=1S/C19H34N2O2/c1-13(2)9-16-17(19(16,5)6)18(22)20-10-15-12-21(7-8-23-15)11-14(3)4/h9,14-17H,7-8,10-12H2,1-6H3,(H,20,22). The maximum Gasteiger partial charge on any atom is 0.224 e. The van der Waals surface area contributed by atoms with E-state index < -0.39 is 0 Å². The second-order valence-electron chi connectivity index (χ2n) is 8.46. The molecule has 1 aliphatic heterocycles. The summed E-state index contributed by atoms with van der Waals surface area (Å²) in [4.78, 5) is 14.9. The molecule has 2 fully saturated rings. The highest BCUT2D eigenvalue weighted by Gasteiger charge is 2.60. The van der Waals surface area contributed by atoms with E-state index in [0.717, 1.165) is 26.2 Å². The molecule has 0 radical (unpaired) electrons. The van der Waals surface area contributed by atoms with Crippen molar-refractivity contribution in [2.24, 2.45) is 23.2 Å². The molecule has 0 aromatic carbocycles. The molecule has 4 nitrogen and oxygen atoms in total.